The van der Waals surface area contributed by atoms with E-state index in [0.29, 0.717) is 22.3 Å². The second kappa shape index (κ2) is 8.81. The Labute approximate surface area is 179 Å². The molecule has 32 heavy (non-hydrogen) atoms. The van der Waals surface area contributed by atoms with E-state index in [2.05, 4.69) is 5.32 Å². The van der Waals surface area contributed by atoms with Gasteiger partial charge in [0.1, 0.15) is 19.2 Å². The van der Waals surface area contributed by atoms with Gasteiger partial charge in [-0.05, 0) is 29.7 Å². The van der Waals surface area contributed by atoms with Crippen molar-refractivity contribution in [3.05, 3.63) is 64.1 Å². The number of nitrogens with two attached hydrogens (primary N) is 1. The van der Waals surface area contributed by atoms with Crippen molar-refractivity contribution in [3.63, 3.8) is 0 Å². The molecule has 0 radical (unpaired) electrons. The fourth-order valence-corrected chi connectivity index (χ4v) is 3.08. The maximum atomic E-state index is 13.0. The Balaban J connectivity index is 1.98. The van der Waals surface area contributed by atoms with E-state index in [1.165, 1.54) is 18.3 Å². The lowest BCUT2D eigenvalue weighted by Crippen LogP contribution is -2.37. The van der Waals surface area contributed by atoms with Crippen LogP contribution in [-0.2, 0) is 11.3 Å². The summed E-state index contributed by atoms with van der Waals surface area (Å²) in [6.07, 6.45) is -2.24. The van der Waals surface area contributed by atoms with Crippen LogP contribution in [0.1, 0.15) is 11.1 Å². The van der Waals surface area contributed by atoms with Gasteiger partial charge in [0, 0.05) is 23.7 Å². The van der Waals surface area contributed by atoms with Gasteiger partial charge in [-0.2, -0.15) is 18.4 Å². The normalized spacial score (nSPS) is 11.1. The van der Waals surface area contributed by atoms with Gasteiger partial charge in [-0.1, -0.05) is 12.1 Å². The largest absolute Gasteiger partial charge is 0.405 e. The summed E-state index contributed by atoms with van der Waals surface area (Å²) in [7, 11) is 0. The molecule has 8 nitrogen and oxygen atoms in total. The molecule has 0 saturated carbocycles. The zero-order valence-corrected chi connectivity index (χ0v) is 16.5. The number of anilines is 3. The monoisotopic (exact) mass is 442 g/mol. The van der Waals surface area contributed by atoms with Crippen molar-refractivity contribution in [2.45, 2.75) is 12.7 Å². The number of halogens is 3. The molecule has 0 bridgehead atoms. The van der Waals surface area contributed by atoms with Crippen LogP contribution in [0.2, 0.25) is 0 Å². The van der Waals surface area contributed by atoms with E-state index >= 15 is 0 Å². The number of carbonyl (C=O) groups is 1. The van der Waals surface area contributed by atoms with Crippen LogP contribution in [0.3, 0.4) is 0 Å². The maximum Gasteiger partial charge on any atom is 0.405 e. The fraction of sp³-hybridized carbons (Fsp3) is 0.143. The Morgan fingerprint density at radius 2 is 2.03 bits per heavy atom. The highest BCUT2D eigenvalue weighted by atomic mass is 19.4. The number of hydrogen-bond donors (Lipinski definition) is 4. The summed E-state index contributed by atoms with van der Waals surface area (Å²) < 4.78 is 37.9. The van der Waals surface area contributed by atoms with Crippen LogP contribution in [0.15, 0.2) is 47.4 Å². The highest BCUT2D eigenvalue weighted by Gasteiger charge is 2.27. The molecule has 0 unspecified atom stereocenters. The van der Waals surface area contributed by atoms with Gasteiger partial charge in [0.15, 0.2) is 0 Å². The molecule has 3 rings (SSSR count). The van der Waals surface area contributed by atoms with Crippen molar-refractivity contribution in [2.75, 3.05) is 17.6 Å². The number of rotatable bonds is 6. The number of nitriles is 1. The number of nitrogen functional groups attached to an aromatic ring is 1. The van der Waals surface area contributed by atoms with Gasteiger partial charge in [-0.15, -0.1) is 0 Å². The predicted octanol–water partition coefficient (Wildman–Crippen LogP) is 2.88. The molecule has 1 amide bonds. The zero-order valence-electron chi connectivity index (χ0n) is 16.5. The van der Waals surface area contributed by atoms with Gasteiger partial charge in [0.25, 0.3) is 5.56 Å². The van der Waals surface area contributed by atoms with Gasteiger partial charge in [0.05, 0.1) is 22.3 Å². The van der Waals surface area contributed by atoms with Gasteiger partial charge in [0.2, 0.25) is 5.91 Å². The van der Waals surface area contributed by atoms with Gasteiger partial charge in [-0.25, -0.2) is 0 Å². The van der Waals surface area contributed by atoms with Crippen LogP contribution < -0.4 is 21.9 Å². The number of benzene rings is 2. The topological polar surface area (TPSA) is 137 Å². The molecule has 2 aromatic carbocycles. The number of hydrogen-bond acceptors (Lipinski definition) is 6. The number of nitrogens with zero attached hydrogens (tertiary/aromatic N) is 2. The van der Waals surface area contributed by atoms with E-state index in [9.17, 15) is 28.0 Å². The van der Waals surface area contributed by atoms with Crippen molar-refractivity contribution < 1.29 is 18.0 Å². The van der Waals surface area contributed by atoms with Crippen molar-refractivity contribution in [3.8, 4) is 6.07 Å². The molecule has 0 spiro atoms. The van der Waals surface area contributed by atoms with E-state index < -0.39 is 30.7 Å². The number of fused-ring (bicyclic) bond motifs is 1. The number of pyridine rings is 1. The summed E-state index contributed by atoms with van der Waals surface area (Å²) in [6, 6.07) is 11.5. The van der Waals surface area contributed by atoms with Crippen LogP contribution >= 0.6 is 0 Å². The van der Waals surface area contributed by atoms with Crippen molar-refractivity contribution in [2.24, 2.45) is 0 Å². The Kier molecular flexibility index (Phi) is 6.15. The molecule has 5 N–H and O–H groups in total. The summed E-state index contributed by atoms with van der Waals surface area (Å²) >= 11 is 0. The minimum Gasteiger partial charge on any atom is -0.397 e. The molecule has 0 aliphatic rings. The van der Waals surface area contributed by atoms with Crippen LogP contribution in [0.25, 0.3) is 10.8 Å². The number of nitrogens with one attached hydrogen (secondary N) is 3. The second-order valence-corrected chi connectivity index (χ2v) is 6.82. The lowest BCUT2D eigenvalue weighted by molar-refractivity contribution is -0.138. The van der Waals surface area contributed by atoms with Crippen molar-refractivity contribution in [1.82, 2.24) is 9.88 Å². The third kappa shape index (κ3) is 4.86. The Morgan fingerprint density at radius 1 is 1.28 bits per heavy atom. The number of carbonyl (C=O) groups excluding carboxylic acids is 1. The summed E-state index contributed by atoms with van der Waals surface area (Å²) in [4.78, 5) is 24.8. The summed E-state index contributed by atoms with van der Waals surface area (Å²) in [5.74, 6) is -0.956. The molecule has 0 aliphatic carbocycles. The number of aromatic nitrogens is 1. The minimum absolute atomic E-state index is 0.146. The maximum absolute atomic E-state index is 13.0. The van der Waals surface area contributed by atoms with Gasteiger partial charge >= 0.3 is 6.18 Å². The fourth-order valence-electron chi connectivity index (χ4n) is 3.08. The van der Waals surface area contributed by atoms with Crippen LogP contribution in [0, 0.1) is 16.7 Å². The van der Waals surface area contributed by atoms with E-state index in [1.54, 1.807) is 29.6 Å². The molecule has 0 fully saturated rings. The predicted molar refractivity (Wildman–Crippen MR) is 114 cm³/mol. The Bertz CT molecular complexity index is 1310. The molecular weight excluding hydrogens is 425 g/mol. The Morgan fingerprint density at radius 3 is 2.69 bits per heavy atom. The van der Waals surface area contributed by atoms with Crippen molar-refractivity contribution >= 4 is 40.0 Å². The second-order valence-electron chi connectivity index (χ2n) is 6.82. The molecule has 164 valence electrons. The summed E-state index contributed by atoms with van der Waals surface area (Å²) in [5, 5.41) is 22.2. The number of alkyl halides is 3. The zero-order chi connectivity index (χ0) is 23.5. The van der Waals surface area contributed by atoms with E-state index in [-0.39, 0.29) is 16.6 Å². The third-order valence-corrected chi connectivity index (χ3v) is 4.57. The van der Waals surface area contributed by atoms with Gasteiger partial charge < -0.3 is 26.3 Å². The van der Waals surface area contributed by atoms with Crippen LogP contribution in [-0.4, -0.2) is 29.4 Å². The van der Waals surface area contributed by atoms with Crippen molar-refractivity contribution in [1.29, 1.82) is 10.7 Å². The van der Waals surface area contributed by atoms with Crippen LogP contribution in [0.4, 0.5) is 30.2 Å². The quantitative estimate of drug-likeness (QED) is 0.344. The van der Waals surface area contributed by atoms with Gasteiger partial charge in [-0.3, -0.25) is 9.59 Å². The SMILES string of the molecule is N#Cc1cc(Nc2cccc3ccn(CC(=O)NCC(F)(F)F)c(=O)c23)cc(C=N)c1N. The standard InChI is InChI=1S/C21H17F3N6O2/c22-21(23,24)11-28-17(31)10-30-5-4-12-2-1-3-16(18(12)20(30)32)29-15-6-13(8-25)19(27)14(7-15)9-26/h1-8,25,29H,10-11,27H2,(H,28,31). The highest BCUT2D eigenvalue weighted by Crippen LogP contribution is 2.27. The summed E-state index contributed by atoms with van der Waals surface area (Å²) in [6.45, 7) is -2.08. The molecule has 0 aliphatic heterocycles. The molecule has 3 aromatic rings. The average Bonchev–Trinajstić information content (AvgIpc) is 2.75. The third-order valence-electron chi connectivity index (χ3n) is 4.57. The highest BCUT2D eigenvalue weighted by molar-refractivity contribution is 5.96. The lowest BCUT2D eigenvalue weighted by Gasteiger charge is -2.14. The molecule has 11 heteroatoms. The first kappa shape index (κ1) is 22.4. The van der Waals surface area contributed by atoms with E-state index in [1.807, 2.05) is 6.07 Å². The molecule has 0 saturated heterocycles. The molecule has 1 heterocycles. The Hall–Kier alpha value is -4.33. The molecule has 0 atom stereocenters. The molecule has 1 aromatic heterocycles. The molecular formula is C21H17F3N6O2. The summed E-state index contributed by atoms with van der Waals surface area (Å²) in [5.41, 5.74) is 6.61. The smallest absolute Gasteiger partial charge is 0.397 e. The first-order chi connectivity index (χ1) is 15.1. The first-order valence-corrected chi connectivity index (χ1v) is 9.19. The average molecular weight is 442 g/mol. The van der Waals surface area contributed by atoms with Crippen LogP contribution in [0.5, 0.6) is 0 Å². The minimum atomic E-state index is -4.56. The van der Waals surface area contributed by atoms with E-state index in [0.717, 1.165) is 10.8 Å². The first-order valence-electron chi connectivity index (χ1n) is 9.19. The lowest BCUT2D eigenvalue weighted by atomic mass is 10.1. The van der Waals surface area contributed by atoms with E-state index in [4.69, 9.17) is 11.1 Å². The number of amides is 1.